The summed E-state index contributed by atoms with van der Waals surface area (Å²) in [6, 6.07) is 2.14. The first-order valence-corrected chi connectivity index (χ1v) is 4.84. The van der Waals surface area contributed by atoms with E-state index in [2.05, 4.69) is 10.8 Å². The van der Waals surface area contributed by atoms with Crippen LogP contribution >= 0.6 is 0 Å². The van der Waals surface area contributed by atoms with Gasteiger partial charge >= 0.3 is 6.36 Å². The molecule has 0 spiro atoms. The van der Waals surface area contributed by atoms with E-state index >= 15 is 0 Å². The average Bonchev–Trinajstić information content (AvgIpc) is 2.16. The smallest absolute Gasteiger partial charge is 0.300 e. The highest BCUT2D eigenvalue weighted by atomic mass is 19.4. The number of nitrogens with zero attached hydrogens (tertiary/aromatic N) is 2. The summed E-state index contributed by atoms with van der Waals surface area (Å²) in [5.74, 6) is -0.0513. The average molecular weight is 222 g/mol. The molecular weight excluding hydrogens is 209 g/mol. The molecule has 1 rings (SSSR count). The van der Waals surface area contributed by atoms with Crippen molar-refractivity contribution in [3.8, 4) is 6.07 Å². The zero-order valence-corrected chi connectivity index (χ0v) is 8.26. The maximum Gasteiger partial charge on any atom is 0.522 e. The van der Waals surface area contributed by atoms with Crippen LogP contribution in [0.4, 0.5) is 13.2 Å². The number of nitriles is 1. The van der Waals surface area contributed by atoms with Crippen LogP contribution in [0.5, 0.6) is 0 Å². The minimum Gasteiger partial charge on any atom is -0.300 e. The van der Waals surface area contributed by atoms with Crippen LogP contribution in [0, 0.1) is 17.2 Å². The lowest BCUT2D eigenvalue weighted by molar-refractivity contribution is -0.325. The predicted octanol–water partition coefficient (Wildman–Crippen LogP) is 1.76. The van der Waals surface area contributed by atoms with Gasteiger partial charge in [0.05, 0.1) is 18.6 Å². The number of ether oxygens (including phenoxy) is 1. The van der Waals surface area contributed by atoms with Crippen molar-refractivity contribution in [1.82, 2.24) is 4.90 Å². The monoisotopic (exact) mass is 222 g/mol. The minimum absolute atomic E-state index is 0.0513. The highest BCUT2D eigenvalue weighted by Gasteiger charge is 2.29. The van der Waals surface area contributed by atoms with Crippen LogP contribution in [0.15, 0.2) is 0 Å². The molecule has 0 bridgehead atoms. The van der Waals surface area contributed by atoms with E-state index in [9.17, 15) is 13.2 Å². The number of halogens is 3. The van der Waals surface area contributed by atoms with Crippen LogP contribution in [-0.4, -0.2) is 37.5 Å². The molecule has 1 atom stereocenters. The molecule has 6 heteroatoms. The van der Waals surface area contributed by atoms with Gasteiger partial charge in [0.15, 0.2) is 0 Å². The number of piperidine rings is 1. The van der Waals surface area contributed by atoms with E-state index in [4.69, 9.17) is 5.26 Å². The first kappa shape index (κ1) is 12.3. The highest BCUT2D eigenvalue weighted by Crippen LogP contribution is 2.18. The number of hydrogen-bond acceptors (Lipinski definition) is 3. The van der Waals surface area contributed by atoms with Gasteiger partial charge in [-0.25, -0.2) is 0 Å². The van der Waals surface area contributed by atoms with E-state index in [0.29, 0.717) is 6.54 Å². The molecule has 1 aliphatic heterocycles. The molecule has 0 aromatic heterocycles. The zero-order valence-electron chi connectivity index (χ0n) is 8.26. The standard InChI is InChI=1S/C9H13F3N2O/c10-9(11,12)15-5-4-14-3-1-2-8(6-13)7-14/h8H,1-5,7H2. The van der Waals surface area contributed by atoms with Gasteiger partial charge in [-0.2, -0.15) is 5.26 Å². The van der Waals surface area contributed by atoms with Gasteiger partial charge < -0.3 is 0 Å². The number of rotatable bonds is 3. The van der Waals surface area contributed by atoms with E-state index in [1.165, 1.54) is 0 Å². The van der Waals surface area contributed by atoms with Gasteiger partial charge in [-0.1, -0.05) is 0 Å². The lowest BCUT2D eigenvalue weighted by atomic mass is 10.00. The van der Waals surface area contributed by atoms with Crippen LogP contribution in [0.2, 0.25) is 0 Å². The molecule has 0 amide bonds. The van der Waals surface area contributed by atoms with Gasteiger partial charge in [0.25, 0.3) is 0 Å². The topological polar surface area (TPSA) is 36.3 Å². The Bertz CT molecular complexity index is 236. The Hall–Kier alpha value is -0.800. The fourth-order valence-corrected chi connectivity index (χ4v) is 1.65. The molecule has 0 aliphatic carbocycles. The van der Waals surface area contributed by atoms with Crippen molar-refractivity contribution in [2.75, 3.05) is 26.2 Å². The molecule has 0 aromatic rings. The van der Waals surface area contributed by atoms with Crippen LogP contribution in [0.3, 0.4) is 0 Å². The summed E-state index contributed by atoms with van der Waals surface area (Å²) in [7, 11) is 0. The first-order chi connectivity index (χ1) is 7.01. The molecule has 3 nitrogen and oxygen atoms in total. The Balaban J connectivity index is 2.19. The van der Waals surface area contributed by atoms with Crippen molar-refractivity contribution < 1.29 is 17.9 Å². The molecule has 1 aliphatic rings. The number of hydrogen-bond donors (Lipinski definition) is 0. The van der Waals surface area contributed by atoms with Crippen molar-refractivity contribution in [1.29, 1.82) is 5.26 Å². The molecule has 0 aromatic carbocycles. The van der Waals surface area contributed by atoms with Gasteiger partial charge in [-0.05, 0) is 19.4 Å². The molecule has 15 heavy (non-hydrogen) atoms. The first-order valence-electron chi connectivity index (χ1n) is 4.84. The summed E-state index contributed by atoms with van der Waals surface area (Å²) in [6.45, 7) is 1.18. The van der Waals surface area contributed by atoms with Crippen LogP contribution < -0.4 is 0 Å². The number of likely N-dealkylation sites (tertiary alicyclic amines) is 1. The SMILES string of the molecule is N#CC1CCCN(CCOC(F)(F)F)C1. The van der Waals surface area contributed by atoms with Gasteiger partial charge in [-0.15, -0.1) is 13.2 Å². The third-order valence-electron chi connectivity index (χ3n) is 2.36. The fourth-order valence-electron chi connectivity index (χ4n) is 1.65. The Morgan fingerprint density at radius 1 is 1.47 bits per heavy atom. The summed E-state index contributed by atoms with van der Waals surface area (Å²) in [6.07, 6.45) is -2.85. The Morgan fingerprint density at radius 2 is 2.20 bits per heavy atom. The van der Waals surface area contributed by atoms with Crippen LogP contribution in [0.25, 0.3) is 0 Å². The Labute approximate surface area is 86.4 Å². The van der Waals surface area contributed by atoms with Crippen molar-refractivity contribution in [3.05, 3.63) is 0 Å². The molecule has 1 unspecified atom stereocenters. The Morgan fingerprint density at radius 3 is 2.80 bits per heavy atom. The van der Waals surface area contributed by atoms with E-state index in [-0.39, 0.29) is 19.1 Å². The second-order valence-corrected chi connectivity index (χ2v) is 3.56. The molecule has 86 valence electrons. The van der Waals surface area contributed by atoms with Crippen LogP contribution in [-0.2, 0) is 4.74 Å². The summed E-state index contributed by atoms with van der Waals surface area (Å²) < 4.78 is 38.7. The second kappa shape index (κ2) is 5.33. The Kier molecular flexibility index (Phi) is 4.36. The quantitative estimate of drug-likeness (QED) is 0.730. The zero-order chi connectivity index (χ0) is 11.3. The molecule has 0 N–H and O–H groups in total. The molecule has 1 heterocycles. The summed E-state index contributed by atoms with van der Waals surface area (Å²) in [5, 5.41) is 8.68. The summed E-state index contributed by atoms with van der Waals surface area (Å²) in [4.78, 5) is 1.84. The van der Waals surface area contributed by atoms with E-state index < -0.39 is 6.36 Å². The van der Waals surface area contributed by atoms with Crippen molar-refractivity contribution in [2.24, 2.45) is 5.92 Å². The van der Waals surface area contributed by atoms with E-state index in [1.54, 1.807) is 0 Å². The van der Waals surface area contributed by atoms with Gasteiger partial charge in [0.1, 0.15) is 0 Å². The highest BCUT2D eigenvalue weighted by molar-refractivity contribution is 4.88. The third-order valence-corrected chi connectivity index (χ3v) is 2.36. The molecule has 0 saturated carbocycles. The largest absolute Gasteiger partial charge is 0.522 e. The van der Waals surface area contributed by atoms with Gasteiger partial charge in [-0.3, -0.25) is 9.64 Å². The van der Waals surface area contributed by atoms with Crippen molar-refractivity contribution >= 4 is 0 Å². The second-order valence-electron chi connectivity index (χ2n) is 3.56. The van der Waals surface area contributed by atoms with E-state index in [1.807, 2.05) is 4.90 Å². The molecule has 0 radical (unpaired) electrons. The summed E-state index contributed by atoms with van der Waals surface area (Å²) >= 11 is 0. The third kappa shape index (κ3) is 5.00. The predicted molar refractivity (Wildman–Crippen MR) is 46.8 cm³/mol. The van der Waals surface area contributed by atoms with Crippen molar-refractivity contribution in [3.63, 3.8) is 0 Å². The lowest BCUT2D eigenvalue weighted by Crippen LogP contribution is -2.37. The normalized spacial score (nSPS) is 23.7. The lowest BCUT2D eigenvalue weighted by Gasteiger charge is -2.29. The summed E-state index contributed by atoms with van der Waals surface area (Å²) in [5.41, 5.74) is 0. The fraction of sp³-hybridized carbons (Fsp3) is 0.889. The maximum absolute atomic E-state index is 11.7. The molecule has 1 fully saturated rings. The van der Waals surface area contributed by atoms with Crippen molar-refractivity contribution in [2.45, 2.75) is 19.2 Å². The molecular formula is C9H13F3N2O. The molecule has 1 saturated heterocycles. The van der Waals surface area contributed by atoms with E-state index in [0.717, 1.165) is 19.4 Å². The van der Waals surface area contributed by atoms with Crippen LogP contribution in [0.1, 0.15) is 12.8 Å². The minimum atomic E-state index is -4.55. The van der Waals surface area contributed by atoms with Gasteiger partial charge in [0.2, 0.25) is 0 Å². The maximum atomic E-state index is 11.7. The van der Waals surface area contributed by atoms with Gasteiger partial charge in [0, 0.05) is 13.1 Å². The number of alkyl halides is 3.